The number of aromatic nitrogens is 1. The molecule has 1 fully saturated rings. The van der Waals surface area contributed by atoms with Gasteiger partial charge in [-0.25, -0.2) is 4.79 Å². The molecule has 1 saturated carbocycles. The Kier molecular flexibility index (Phi) is 4.06. The van der Waals surface area contributed by atoms with Crippen LogP contribution in [0.1, 0.15) is 48.7 Å². The third-order valence-corrected chi connectivity index (χ3v) is 4.11. The van der Waals surface area contributed by atoms with Gasteiger partial charge in [-0.2, -0.15) is 0 Å². The van der Waals surface area contributed by atoms with Crippen LogP contribution in [0.25, 0.3) is 0 Å². The molecule has 5 heteroatoms. The van der Waals surface area contributed by atoms with Crippen molar-refractivity contribution in [3.05, 3.63) is 29.6 Å². The van der Waals surface area contributed by atoms with Crippen molar-refractivity contribution in [1.82, 2.24) is 10.3 Å². The molecule has 2 N–H and O–H groups in total. The largest absolute Gasteiger partial charge is 0.480 e. The fourth-order valence-electron chi connectivity index (χ4n) is 2.65. The molecule has 2 rings (SSSR count). The Labute approximate surface area is 118 Å². The monoisotopic (exact) mass is 276 g/mol. The highest BCUT2D eigenvalue weighted by molar-refractivity contribution is 5.97. The molecule has 0 unspecified atom stereocenters. The van der Waals surface area contributed by atoms with Gasteiger partial charge in [0.15, 0.2) is 0 Å². The van der Waals surface area contributed by atoms with Crippen LogP contribution < -0.4 is 5.32 Å². The normalized spacial score (nSPS) is 26.0. The molecule has 5 nitrogen and oxygen atoms in total. The van der Waals surface area contributed by atoms with Crippen molar-refractivity contribution in [2.24, 2.45) is 5.92 Å². The smallest absolute Gasteiger partial charge is 0.329 e. The Bertz CT molecular complexity index is 520. The molecule has 0 radical (unpaired) electrons. The number of aliphatic carboxylic acids is 1. The number of carbonyl (C=O) groups is 2. The van der Waals surface area contributed by atoms with E-state index in [1.54, 1.807) is 19.1 Å². The fraction of sp³-hybridized carbons (Fsp3) is 0.533. The average Bonchev–Trinajstić information content (AvgIpc) is 2.41. The molecule has 1 aromatic rings. The maximum absolute atomic E-state index is 12.3. The van der Waals surface area contributed by atoms with Crippen LogP contribution in [0.5, 0.6) is 0 Å². The first-order chi connectivity index (χ1) is 9.44. The first kappa shape index (κ1) is 14.5. The van der Waals surface area contributed by atoms with Crippen molar-refractivity contribution >= 4 is 11.9 Å². The highest BCUT2D eigenvalue weighted by Gasteiger charge is 2.42. The summed E-state index contributed by atoms with van der Waals surface area (Å²) in [5.74, 6) is -0.845. The predicted molar refractivity (Wildman–Crippen MR) is 74.4 cm³/mol. The van der Waals surface area contributed by atoms with Crippen molar-refractivity contribution in [1.29, 1.82) is 0 Å². The van der Waals surface area contributed by atoms with Gasteiger partial charge in [-0.1, -0.05) is 13.0 Å². The summed E-state index contributed by atoms with van der Waals surface area (Å²) < 4.78 is 0. The molecule has 0 bridgehead atoms. The number of nitrogens with one attached hydrogen (secondary N) is 1. The Morgan fingerprint density at radius 1 is 1.40 bits per heavy atom. The van der Waals surface area contributed by atoms with E-state index < -0.39 is 17.4 Å². The molecule has 108 valence electrons. The van der Waals surface area contributed by atoms with Gasteiger partial charge in [-0.05, 0) is 50.2 Å². The minimum absolute atomic E-state index is 0.298. The number of carboxylic acid groups (broad SMARTS) is 1. The van der Waals surface area contributed by atoms with Gasteiger partial charge in [0, 0.05) is 6.20 Å². The van der Waals surface area contributed by atoms with Gasteiger partial charge in [0.2, 0.25) is 0 Å². The fourth-order valence-corrected chi connectivity index (χ4v) is 2.65. The molecule has 1 amide bonds. The van der Waals surface area contributed by atoms with E-state index in [2.05, 4.69) is 17.2 Å². The van der Waals surface area contributed by atoms with E-state index in [-0.39, 0.29) is 0 Å². The van der Waals surface area contributed by atoms with Crippen LogP contribution in [0, 0.1) is 12.8 Å². The second-order valence-corrected chi connectivity index (χ2v) is 5.69. The van der Waals surface area contributed by atoms with Gasteiger partial charge in [0.1, 0.15) is 11.2 Å². The Balaban J connectivity index is 2.19. The van der Waals surface area contributed by atoms with Crippen LogP contribution in [0.15, 0.2) is 18.3 Å². The number of nitrogens with zero attached hydrogens (tertiary/aromatic N) is 1. The molecule has 0 saturated heterocycles. The topological polar surface area (TPSA) is 79.3 Å². The molecule has 1 aliphatic rings. The number of rotatable bonds is 3. The summed E-state index contributed by atoms with van der Waals surface area (Å²) in [7, 11) is 0. The standard InChI is InChI=1S/C15H20N2O3/c1-10-5-7-15(8-6-10,14(19)20)17-13(18)12-11(2)4-3-9-16-12/h3-4,9-10H,5-8H2,1-2H3,(H,17,18)(H,19,20). The molecular formula is C15H20N2O3. The zero-order valence-electron chi connectivity index (χ0n) is 11.8. The van der Waals surface area contributed by atoms with Gasteiger partial charge >= 0.3 is 5.97 Å². The summed E-state index contributed by atoms with van der Waals surface area (Å²) in [5, 5.41) is 12.2. The van der Waals surface area contributed by atoms with Crippen molar-refractivity contribution in [3.63, 3.8) is 0 Å². The summed E-state index contributed by atoms with van der Waals surface area (Å²) >= 11 is 0. The van der Waals surface area contributed by atoms with Crippen molar-refractivity contribution in [3.8, 4) is 0 Å². The lowest BCUT2D eigenvalue weighted by Gasteiger charge is -2.36. The maximum atomic E-state index is 12.3. The summed E-state index contributed by atoms with van der Waals surface area (Å²) in [4.78, 5) is 27.9. The molecule has 0 aliphatic heterocycles. The van der Waals surface area contributed by atoms with Crippen LogP contribution in [0.2, 0.25) is 0 Å². The maximum Gasteiger partial charge on any atom is 0.329 e. The van der Waals surface area contributed by atoms with Gasteiger partial charge in [0.05, 0.1) is 0 Å². The van der Waals surface area contributed by atoms with Gasteiger partial charge < -0.3 is 10.4 Å². The SMILES string of the molecule is Cc1cccnc1C(=O)NC1(C(=O)O)CCC(C)CC1. The first-order valence-electron chi connectivity index (χ1n) is 6.92. The van der Waals surface area contributed by atoms with Crippen molar-refractivity contribution in [2.75, 3.05) is 0 Å². The molecule has 20 heavy (non-hydrogen) atoms. The van der Waals surface area contributed by atoms with Crippen LogP contribution in [-0.2, 0) is 4.79 Å². The van der Waals surface area contributed by atoms with E-state index in [4.69, 9.17) is 0 Å². The second-order valence-electron chi connectivity index (χ2n) is 5.69. The zero-order chi connectivity index (χ0) is 14.8. The molecule has 0 spiro atoms. The lowest BCUT2D eigenvalue weighted by molar-refractivity contribution is -0.146. The number of amides is 1. The number of aryl methyl sites for hydroxylation is 1. The third-order valence-electron chi connectivity index (χ3n) is 4.11. The van der Waals surface area contributed by atoms with Crippen LogP contribution in [-0.4, -0.2) is 27.5 Å². The summed E-state index contributed by atoms with van der Waals surface area (Å²) in [6, 6.07) is 3.54. The Hall–Kier alpha value is -1.91. The number of hydrogen-bond acceptors (Lipinski definition) is 3. The summed E-state index contributed by atoms with van der Waals surface area (Å²) in [6.45, 7) is 3.90. The highest BCUT2D eigenvalue weighted by atomic mass is 16.4. The van der Waals surface area contributed by atoms with Crippen molar-refractivity contribution < 1.29 is 14.7 Å². The van der Waals surface area contributed by atoms with E-state index in [9.17, 15) is 14.7 Å². The van der Waals surface area contributed by atoms with Gasteiger partial charge in [-0.3, -0.25) is 9.78 Å². The lowest BCUT2D eigenvalue weighted by Crippen LogP contribution is -2.56. The average molecular weight is 276 g/mol. The highest BCUT2D eigenvalue weighted by Crippen LogP contribution is 2.32. The minimum atomic E-state index is -1.15. The Morgan fingerprint density at radius 3 is 2.60 bits per heavy atom. The van der Waals surface area contributed by atoms with E-state index >= 15 is 0 Å². The second kappa shape index (κ2) is 5.61. The van der Waals surface area contributed by atoms with E-state index in [1.165, 1.54) is 6.20 Å². The number of carboxylic acids is 1. The van der Waals surface area contributed by atoms with E-state index in [1.807, 2.05) is 0 Å². The molecule has 0 aromatic carbocycles. The van der Waals surface area contributed by atoms with Gasteiger partial charge in [0.25, 0.3) is 5.91 Å². The quantitative estimate of drug-likeness (QED) is 0.886. The van der Waals surface area contributed by atoms with Crippen molar-refractivity contribution in [2.45, 2.75) is 45.1 Å². The van der Waals surface area contributed by atoms with E-state index in [0.717, 1.165) is 18.4 Å². The van der Waals surface area contributed by atoms with E-state index in [0.29, 0.717) is 24.5 Å². The lowest BCUT2D eigenvalue weighted by atomic mass is 9.77. The summed E-state index contributed by atoms with van der Waals surface area (Å²) in [5.41, 5.74) is -0.102. The predicted octanol–water partition coefficient (Wildman–Crippen LogP) is 2.15. The zero-order valence-corrected chi connectivity index (χ0v) is 11.8. The number of pyridine rings is 1. The third kappa shape index (κ3) is 2.81. The molecule has 1 aliphatic carbocycles. The Morgan fingerprint density at radius 2 is 2.05 bits per heavy atom. The molecule has 1 aromatic heterocycles. The van der Waals surface area contributed by atoms with Crippen LogP contribution in [0.4, 0.5) is 0 Å². The van der Waals surface area contributed by atoms with Crippen LogP contribution >= 0.6 is 0 Å². The van der Waals surface area contributed by atoms with Gasteiger partial charge in [-0.15, -0.1) is 0 Å². The number of carbonyl (C=O) groups excluding carboxylic acids is 1. The van der Waals surface area contributed by atoms with Crippen LogP contribution in [0.3, 0.4) is 0 Å². The molecular weight excluding hydrogens is 256 g/mol. The molecule has 1 heterocycles. The number of hydrogen-bond donors (Lipinski definition) is 2. The molecule has 0 atom stereocenters. The minimum Gasteiger partial charge on any atom is -0.480 e. The first-order valence-corrected chi connectivity index (χ1v) is 6.92. The summed E-state index contributed by atoms with van der Waals surface area (Å²) in [6.07, 6.45) is 4.11.